The fourth-order valence-electron chi connectivity index (χ4n) is 4.46. The van der Waals surface area contributed by atoms with E-state index in [0.29, 0.717) is 0 Å². The molecule has 0 amide bonds. The molecule has 3 heteroatoms. The Balaban J connectivity index is 4.74. The Morgan fingerprint density at radius 2 is 0.828 bits per heavy atom. The van der Waals surface area contributed by atoms with Crippen LogP contribution in [-0.4, -0.2) is 24.4 Å². The summed E-state index contributed by atoms with van der Waals surface area (Å²) in [5.41, 5.74) is 0. The second-order valence-electron chi connectivity index (χ2n) is 9.40. The molecule has 0 atom stereocenters. The third-order valence-electron chi connectivity index (χ3n) is 6.50. The van der Waals surface area contributed by atoms with Crippen molar-refractivity contribution in [2.75, 3.05) is 18.5 Å². The molecule has 29 heavy (non-hydrogen) atoms. The molecule has 0 aromatic heterocycles. The topological polar surface area (TPSA) is 17.1 Å². The van der Waals surface area contributed by atoms with Gasteiger partial charge in [0.1, 0.15) is 0 Å². The number of unbranched alkanes of at least 4 members (excludes halogenated alkanes) is 15. The van der Waals surface area contributed by atoms with Crippen LogP contribution in [0.5, 0.6) is 0 Å². The molecule has 0 unspecified atom stereocenters. The predicted octanol–water partition coefficient (Wildman–Crippen LogP) is 10.3. The summed E-state index contributed by atoms with van der Waals surface area (Å²) < 4.78 is -2.07. The molecular formula is C26H52IOP. The third kappa shape index (κ3) is 16.0. The summed E-state index contributed by atoms with van der Waals surface area (Å²) in [5, 5.41) is 0. The van der Waals surface area contributed by atoms with Crippen molar-refractivity contribution in [3.05, 3.63) is 5.82 Å². The van der Waals surface area contributed by atoms with Crippen molar-refractivity contribution in [1.82, 2.24) is 0 Å². The number of carbonyl (C=O) groups excluding carboxylic acids is 1. The van der Waals surface area contributed by atoms with Crippen molar-refractivity contribution >= 4 is 32.2 Å². The maximum atomic E-state index is 11.6. The SMILES string of the molecule is CCCCCCCCP(I)(C=C=O)(CCCCCCCC)CCCCCCCC. The summed E-state index contributed by atoms with van der Waals surface area (Å²) in [6.45, 7) is 6.85. The van der Waals surface area contributed by atoms with E-state index >= 15 is 0 Å². The second-order valence-corrected chi connectivity index (χ2v) is 22.2. The average molecular weight is 539 g/mol. The molecule has 0 aromatic rings. The van der Waals surface area contributed by atoms with Gasteiger partial charge in [-0.25, -0.2) is 0 Å². The molecule has 0 fully saturated rings. The van der Waals surface area contributed by atoms with Crippen molar-refractivity contribution in [1.29, 1.82) is 0 Å². The van der Waals surface area contributed by atoms with Crippen LogP contribution in [0.15, 0.2) is 5.82 Å². The maximum absolute atomic E-state index is 11.6. The standard InChI is InChI=1S/C26H52IOP/c1-4-7-10-13-16-19-23-29(27,26-22-28,24-20-17-14-11-8-5-2)25-21-18-15-12-9-6-3/h26H,4-21,23-25H2,1-3H3. The van der Waals surface area contributed by atoms with Crippen molar-refractivity contribution in [2.24, 2.45) is 0 Å². The van der Waals surface area contributed by atoms with Gasteiger partial charge in [-0.15, -0.1) is 0 Å². The van der Waals surface area contributed by atoms with Crippen LogP contribution in [0.4, 0.5) is 0 Å². The zero-order chi connectivity index (χ0) is 21.7. The fourth-order valence-corrected chi connectivity index (χ4v) is 12.1. The van der Waals surface area contributed by atoms with Crippen molar-refractivity contribution in [2.45, 2.75) is 136 Å². The number of hydrogen-bond donors (Lipinski definition) is 0. The van der Waals surface area contributed by atoms with Crippen LogP contribution in [0, 0.1) is 0 Å². The Morgan fingerprint density at radius 1 is 0.552 bits per heavy atom. The van der Waals surface area contributed by atoms with Crippen molar-refractivity contribution in [3.8, 4) is 0 Å². The molecule has 0 heterocycles. The summed E-state index contributed by atoms with van der Waals surface area (Å²) in [5.74, 6) is 4.39. The molecule has 0 aliphatic carbocycles. The summed E-state index contributed by atoms with van der Waals surface area (Å²) >= 11 is 2.83. The van der Waals surface area contributed by atoms with Crippen LogP contribution in [0.25, 0.3) is 0 Å². The van der Waals surface area contributed by atoms with Gasteiger partial charge in [0.05, 0.1) is 0 Å². The number of halogens is 1. The van der Waals surface area contributed by atoms with Gasteiger partial charge in [-0.3, -0.25) is 0 Å². The fraction of sp³-hybridized carbons (Fsp3) is 0.923. The van der Waals surface area contributed by atoms with Crippen LogP contribution in [0.3, 0.4) is 0 Å². The van der Waals surface area contributed by atoms with Gasteiger partial charge in [0.25, 0.3) is 0 Å². The van der Waals surface area contributed by atoms with Gasteiger partial charge in [0.15, 0.2) is 0 Å². The Morgan fingerprint density at radius 3 is 1.10 bits per heavy atom. The molecular weight excluding hydrogens is 486 g/mol. The van der Waals surface area contributed by atoms with Gasteiger partial charge in [-0.05, 0) is 0 Å². The first-order valence-electron chi connectivity index (χ1n) is 13.0. The molecule has 0 saturated heterocycles. The van der Waals surface area contributed by atoms with Gasteiger partial charge in [-0.2, -0.15) is 0 Å². The van der Waals surface area contributed by atoms with Crippen LogP contribution >= 0.6 is 26.3 Å². The molecule has 0 spiro atoms. The van der Waals surface area contributed by atoms with Crippen LogP contribution in [0.2, 0.25) is 0 Å². The van der Waals surface area contributed by atoms with E-state index in [1.54, 1.807) is 0 Å². The third-order valence-corrected chi connectivity index (χ3v) is 16.6. The Bertz CT molecular complexity index is 373. The van der Waals surface area contributed by atoms with Crippen molar-refractivity contribution in [3.63, 3.8) is 0 Å². The molecule has 0 radical (unpaired) electrons. The molecule has 174 valence electrons. The van der Waals surface area contributed by atoms with E-state index in [-0.39, 0.29) is 0 Å². The Kier molecular flexibility index (Phi) is 19.7. The molecule has 0 rings (SSSR count). The second kappa shape index (κ2) is 19.3. The van der Waals surface area contributed by atoms with Gasteiger partial charge in [-0.1, -0.05) is 0 Å². The van der Waals surface area contributed by atoms with E-state index in [2.05, 4.69) is 54.6 Å². The predicted molar refractivity (Wildman–Crippen MR) is 146 cm³/mol. The Labute approximate surface area is 197 Å². The molecule has 0 N–H and O–H groups in total. The summed E-state index contributed by atoms with van der Waals surface area (Å²) in [4.78, 5) is 11.6. The number of hydrogen-bond acceptors (Lipinski definition) is 1. The molecule has 0 aromatic carbocycles. The summed E-state index contributed by atoms with van der Waals surface area (Å²) in [7, 11) is 0. The van der Waals surface area contributed by atoms with Gasteiger partial charge in [0.2, 0.25) is 0 Å². The van der Waals surface area contributed by atoms with Crippen molar-refractivity contribution < 1.29 is 4.79 Å². The monoisotopic (exact) mass is 538 g/mol. The first kappa shape index (κ1) is 29.6. The van der Waals surface area contributed by atoms with Crippen LogP contribution in [-0.2, 0) is 4.79 Å². The zero-order valence-electron chi connectivity index (χ0n) is 20.2. The average Bonchev–Trinajstić information content (AvgIpc) is 2.71. The Hall–Kier alpha value is 0.610. The van der Waals surface area contributed by atoms with E-state index < -0.39 is 4.25 Å². The number of rotatable bonds is 22. The van der Waals surface area contributed by atoms with Gasteiger partial charge in [0, 0.05) is 0 Å². The molecule has 0 aliphatic rings. The zero-order valence-corrected chi connectivity index (χ0v) is 23.2. The van der Waals surface area contributed by atoms with Gasteiger partial charge < -0.3 is 0 Å². The first-order valence-corrected chi connectivity index (χ1v) is 18.6. The summed E-state index contributed by atoms with van der Waals surface area (Å²) in [6, 6.07) is 0. The molecule has 1 nitrogen and oxygen atoms in total. The van der Waals surface area contributed by atoms with Gasteiger partial charge >= 0.3 is 198 Å². The van der Waals surface area contributed by atoms with E-state index in [0.717, 1.165) is 0 Å². The normalized spacial score (nSPS) is 13.0. The molecule has 0 saturated carbocycles. The van der Waals surface area contributed by atoms with Crippen LogP contribution in [0.1, 0.15) is 136 Å². The summed E-state index contributed by atoms with van der Waals surface area (Å²) in [6.07, 6.45) is 28.2. The van der Waals surface area contributed by atoms with E-state index in [1.807, 2.05) is 0 Å². The molecule has 0 aliphatic heterocycles. The quantitative estimate of drug-likeness (QED) is 0.0580. The minimum absolute atomic E-state index is 1.29. The van der Waals surface area contributed by atoms with E-state index in [1.165, 1.54) is 134 Å². The first-order chi connectivity index (χ1) is 14.0. The van der Waals surface area contributed by atoms with E-state index in [9.17, 15) is 4.79 Å². The van der Waals surface area contributed by atoms with E-state index in [4.69, 9.17) is 0 Å². The minimum atomic E-state index is -2.07. The van der Waals surface area contributed by atoms with Crippen LogP contribution < -0.4 is 0 Å². The molecule has 0 bridgehead atoms.